The van der Waals surface area contributed by atoms with Gasteiger partial charge in [0.1, 0.15) is 4.83 Å². The van der Waals surface area contributed by atoms with Crippen LogP contribution >= 0.6 is 11.3 Å². The Morgan fingerprint density at radius 2 is 1.85 bits per heavy atom. The fourth-order valence-corrected chi connectivity index (χ4v) is 4.35. The Morgan fingerprint density at radius 1 is 1.07 bits per heavy atom. The predicted octanol–water partition coefficient (Wildman–Crippen LogP) is 4.74. The van der Waals surface area contributed by atoms with Crippen LogP contribution in [0.2, 0.25) is 0 Å². The summed E-state index contributed by atoms with van der Waals surface area (Å²) in [5.74, 6) is -0.549. The largest absolute Gasteiger partial charge is 0.465 e. The molecule has 0 fully saturated rings. The summed E-state index contributed by atoms with van der Waals surface area (Å²) in [4.78, 5) is 26.1. The zero-order chi connectivity index (χ0) is 19.1. The molecule has 2 aromatic heterocycles. The summed E-state index contributed by atoms with van der Waals surface area (Å²) in [6.07, 6.45) is 0. The first-order chi connectivity index (χ1) is 13.0. The Labute approximate surface area is 160 Å². The summed E-state index contributed by atoms with van der Waals surface area (Å²) in [5.41, 5.74) is 3.04. The van der Waals surface area contributed by atoms with E-state index in [9.17, 15) is 9.59 Å². The number of rotatable bonds is 3. The van der Waals surface area contributed by atoms with Gasteiger partial charge in [-0.1, -0.05) is 18.2 Å². The molecule has 0 bridgehead atoms. The second-order valence-corrected chi connectivity index (χ2v) is 7.41. The van der Waals surface area contributed by atoms with Crippen molar-refractivity contribution in [2.24, 2.45) is 7.05 Å². The normalized spacial score (nSPS) is 11.1. The van der Waals surface area contributed by atoms with E-state index in [0.29, 0.717) is 16.1 Å². The molecule has 1 N–H and O–H groups in total. The molecular formula is C21H18N2O3S. The van der Waals surface area contributed by atoms with Crippen molar-refractivity contribution in [3.63, 3.8) is 0 Å². The molecule has 0 unspecified atom stereocenters. The second-order valence-electron chi connectivity index (χ2n) is 6.38. The van der Waals surface area contributed by atoms with Gasteiger partial charge in [-0.05, 0) is 42.8 Å². The number of esters is 1. The Morgan fingerprint density at radius 3 is 2.59 bits per heavy atom. The lowest BCUT2D eigenvalue weighted by Crippen LogP contribution is -2.11. The molecule has 6 heteroatoms. The van der Waals surface area contributed by atoms with Crippen molar-refractivity contribution >= 4 is 50.0 Å². The summed E-state index contributed by atoms with van der Waals surface area (Å²) in [5, 5.41) is 5.14. The molecule has 2 aromatic carbocycles. The summed E-state index contributed by atoms with van der Waals surface area (Å²) in [7, 11) is 3.36. The molecular weight excluding hydrogens is 360 g/mol. The Bertz CT molecular complexity index is 1200. The number of hydrogen-bond donors (Lipinski definition) is 1. The van der Waals surface area contributed by atoms with Crippen LogP contribution in [-0.4, -0.2) is 23.6 Å². The van der Waals surface area contributed by atoms with Crippen LogP contribution in [0.15, 0.2) is 48.5 Å². The molecule has 0 aliphatic heterocycles. The number of nitrogens with zero attached hydrogens (tertiary/aromatic N) is 1. The number of nitrogens with one attached hydrogen (secondary N) is 1. The molecule has 0 saturated heterocycles. The molecule has 4 aromatic rings. The van der Waals surface area contributed by atoms with Gasteiger partial charge in [0.25, 0.3) is 5.91 Å². The third-order valence-electron chi connectivity index (χ3n) is 4.69. The van der Waals surface area contributed by atoms with Gasteiger partial charge >= 0.3 is 5.97 Å². The predicted molar refractivity (Wildman–Crippen MR) is 109 cm³/mol. The lowest BCUT2D eigenvalue weighted by Gasteiger charge is -2.08. The van der Waals surface area contributed by atoms with Gasteiger partial charge in [0.2, 0.25) is 0 Å². The van der Waals surface area contributed by atoms with E-state index in [-0.39, 0.29) is 11.9 Å². The number of carbonyl (C=O) groups excluding carboxylic acids is 2. The van der Waals surface area contributed by atoms with E-state index in [4.69, 9.17) is 4.74 Å². The number of benzene rings is 2. The van der Waals surface area contributed by atoms with E-state index in [2.05, 4.69) is 22.0 Å². The number of methoxy groups -OCH3 is 1. The minimum absolute atomic E-state index is 0.162. The number of aryl methyl sites for hydroxylation is 2. The third kappa shape index (κ3) is 2.88. The number of aromatic nitrogens is 1. The van der Waals surface area contributed by atoms with E-state index in [1.807, 2.05) is 32.2 Å². The molecule has 136 valence electrons. The Balaban J connectivity index is 1.64. The quantitative estimate of drug-likeness (QED) is 0.524. The number of hydrogen-bond acceptors (Lipinski definition) is 4. The van der Waals surface area contributed by atoms with Crippen LogP contribution in [-0.2, 0) is 11.8 Å². The summed E-state index contributed by atoms with van der Waals surface area (Å²) in [6.45, 7) is 1.81. The van der Waals surface area contributed by atoms with E-state index in [1.165, 1.54) is 18.4 Å². The van der Waals surface area contributed by atoms with Crippen molar-refractivity contribution in [1.82, 2.24) is 4.57 Å². The van der Waals surface area contributed by atoms with Gasteiger partial charge in [0.05, 0.1) is 17.6 Å². The maximum Gasteiger partial charge on any atom is 0.338 e. The highest BCUT2D eigenvalue weighted by atomic mass is 32.1. The van der Waals surface area contributed by atoms with Gasteiger partial charge in [-0.25, -0.2) is 4.79 Å². The number of amides is 1. The van der Waals surface area contributed by atoms with E-state index >= 15 is 0 Å². The number of fused-ring (bicyclic) bond motifs is 3. The first kappa shape index (κ1) is 17.3. The van der Waals surface area contributed by atoms with Crippen LogP contribution in [0, 0.1) is 6.92 Å². The van der Waals surface area contributed by atoms with Crippen molar-refractivity contribution in [3.05, 3.63) is 64.5 Å². The number of anilines is 1. The maximum absolute atomic E-state index is 12.7. The molecule has 0 saturated carbocycles. The first-order valence-corrected chi connectivity index (χ1v) is 9.28. The molecule has 0 aliphatic carbocycles. The van der Waals surface area contributed by atoms with Gasteiger partial charge in [-0.3, -0.25) is 4.79 Å². The van der Waals surface area contributed by atoms with Crippen LogP contribution < -0.4 is 5.32 Å². The zero-order valence-electron chi connectivity index (χ0n) is 15.2. The highest BCUT2D eigenvalue weighted by molar-refractivity contribution is 7.20. The Hall–Kier alpha value is -3.12. The molecule has 0 atom stereocenters. The van der Waals surface area contributed by atoms with Crippen LogP contribution in [0.5, 0.6) is 0 Å². The van der Waals surface area contributed by atoms with Crippen molar-refractivity contribution in [2.75, 3.05) is 12.4 Å². The molecule has 1 amide bonds. The van der Waals surface area contributed by atoms with E-state index in [0.717, 1.165) is 26.7 Å². The molecule has 0 spiro atoms. The van der Waals surface area contributed by atoms with Gasteiger partial charge in [0.15, 0.2) is 0 Å². The fraction of sp³-hybridized carbons (Fsp3) is 0.143. The van der Waals surface area contributed by atoms with Crippen molar-refractivity contribution in [2.45, 2.75) is 6.92 Å². The molecule has 2 heterocycles. The van der Waals surface area contributed by atoms with Crippen molar-refractivity contribution < 1.29 is 14.3 Å². The smallest absolute Gasteiger partial charge is 0.338 e. The van der Waals surface area contributed by atoms with Crippen LogP contribution in [0.25, 0.3) is 21.1 Å². The molecule has 4 rings (SSSR count). The van der Waals surface area contributed by atoms with Crippen molar-refractivity contribution in [1.29, 1.82) is 0 Å². The summed E-state index contributed by atoms with van der Waals surface area (Å²) < 4.78 is 6.86. The summed E-state index contributed by atoms with van der Waals surface area (Å²) >= 11 is 1.47. The van der Waals surface area contributed by atoms with Crippen LogP contribution in [0.4, 0.5) is 5.69 Å². The first-order valence-electron chi connectivity index (χ1n) is 8.47. The van der Waals surface area contributed by atoms with Crippen molar-refractivity contribution in [3.8, 4) is 0 Å². The van der Waals surface area contributed by atoms with Gasteiger partial charge in [0, 0.05) is 29.0 Å². The SMILES string of the molecule is COC(=O)c1ccc(NC(=O)c2cc3c4ccccc4n(C)c3s2)cc1C. The second kappa shape index (κ2) is 6.55. The maximum atomic E-state index is 12.7. The van der Waals surface area contributed by atoms with Gasteiger partial charge in [-0.2, -0.15) is 0 Å². The number of para-hydroxylation sites is 1. The van der Waals surface area contributed by atoms with Crippen LogP contribution in [0.3, 0.4) is 0 Å². The minimum atomic E-state index is -0.387. The lowest BCUT2D eigenvalue weighted by atomic mass is 10.1. The van der Waals surface area contributed by atoms with Crippen LogP contribution in [0.1, 0.15) is 25.6 Å². The Kier molecular flexibility index (Phi) is 4.20. The minimum Gasteiger partial charge on any atom is -0.465 e. The summed E-state index contributed by atoms with van der Waals surface area (Å²) in [6, 6.07) is 15.2. The third-order valence-corrected chi connectivity index (χ3v) is 5.90. The average molecular weight is 378 g/mol. The number of ether oxygens (including phenoxy) is 1. The van der Waals surface area contributed by atoms with Gasteiger partial charge in [-0.15, -0.1) is 11.3 Å². The molecule has 27 heavy (non-hydrogen) atoms. The molecule has 5 nitrogen and oxygen atoms in total. The van der Waals surface area contributed by atoms with E-state index < -0.39 is 0 Å². The topological polar surface area (TPSA) is 60.3 Å². The number of thiophene rings is 1. The fourth-order valence-electron chi connectivity index (χ4n) is 3.31. The highest BCUT2D eigenvalue weighted by Gasteiger charge is 2.17. The van der Waals surface area contributed by atoms with E-state index in [1.54, 1.807) is 18.2 Å². The molecule has 0 radical (unpaired) electrons. The monoisotopic (exact) mass is 378 g/mol. The lowest BCUT2D eigenvalue weighted by molar-refractivity contribution is 0.0600. The number of carbonyl (C=O) groups is 2. The van der Waals surface area contributed by atoms with Gasteiger partial charge < -0.3 is 14.6 Å². The highest BCUT2D eigenvalue weighted by Crippen LogP contribution is 2.34. The average Bonchev–Trinajstić information content (AvgIpc) is 3.21. The zero-order valence-corrected chi connectivity index (χ0v) is 16.0. The molecule has 0 aliphatic rings. The standard InChI is InChI=1S/C21H18N2O3S/c1-12-10-13(8-9-14(12)21(25)26-3)22-19(24)18-11-16-15-6-4-5-7-17(15)23(2)20(16)27-18/h4-11H,1-3H3,(H,22,24).